The van der Waals surface area contributed by atoms with E-state index in [1.165, 1.54) is 6.07 Å². The van der Waals surface area contributed by atoms with Crippen LogP contribution in [0.15, 0.2) is 24.3 Å². The second-order valence-electron chi connectivity index (χ2n) is 5.90. The Morgan fingerprint density at radius 2 is 2.17 bits per heavy atom. The van der Waals surface area contributed by atoms with E-state index in [0.717, 1.165) is 25.0 Å². The predicted molar refractivity (Wildman–Crippen MR) is 82.4 cm³/mol. The van der Waals surface area contributed by atoms with Gasteiger partial charge in [0, 0.05) is 19.5 Å². The van der Waals surface area contributed by atoms with E-state index in [0.29, 0.717) is 18.7 Å². The smallest absolute Gasteiger partial charge is 0.394 e. The van der Waals surface area contributed by atoms with E-state index < -0.39 is 11.7 Å². The van der Waals surface area contributed by atoms with Crippen LogP contribution < -0.4 is 0 Å². The molecule has 0 bridgehead atoms. The Hall–Kier alpha value is -1.60. The summed E-state index contributed by atoms with van der Waals surface area (Å²) in [6.07, 6.45) is -2.33. The molecular weight excluding hydrogens is 323 g/mol. The number of piperidine rings is 1. The van der Waals surface area contributed by atoms with Gasteiger partial charge < -0.3 is 14.7 Å². The van der Waals surface area contributed by atoms with Crippen molar-refractivity contribution in [3.05, 3.63) is 35.4 Å². The largest absolute Gasteiger partial charge is 0.416 e. The first-order valence-electron chi connectivity index (χ1n) is 8.06. The molecule has 1 atom stereocenters. The second-order valence-corrected chi connectivity index (χ2v) is 5.90. The summed E-state index contributed by atoms with van der Waals surface area (Å²) in [6.45, 7) is 1.30. The Bertz CT molecular complexity index is 548. The summed E-state index contributed by atoms with van der Waals surface area (Å²) in [5.74, 6) is -0.0790. The van der Waals surface area contributed by atoms with Crippen LogP contribution >= 0.6 is 0 Å². The van der Waals surface area contributed by atoms with Crippen molar-refractivity contribution in [3.8, 4) is 0 Å². The molecule has 0 saturated carbocycles. The number of rotatable bonds is 6. The molecular formula is C17H22F3NO3. The molecule has 1 aromatic carbocycles. The Labute approximate surface area is 139 Å². The Morgan fingerprint density at radius 1 is 1.38 bits per heavy atom. The quantitative estimate of drug-likeness (QED) is 0.862. The van der Waals surface area contributed by atoms with Crippen LogP contribution in [0.5, 0.6) is 0 Å². The highest BCUT2D eigenvalue weighted by molar-refractivity contribution is 5.76. The normalized spacial score (nSPS) is 18.7. The van der Waals surface area contributed by atoms with Crippen LogP contribution in [-0.4, -0.2) is 48.3 Å². The third-order valence-electron chi connectivity index (χ3n) is 4.06. The van der Waals surface area contributed by atoms with Crippen molar-refractivity contribution in [2.24, 2.45) is 0 Å². The van der Waals surface area contributed by atoms with Crippen molar-refractivity contribution in [2.75, 3.05) is 26.3 Å². The molecule has 1 fully saturated rings. The van der Waals surface area contributed by atoms with E-state index >= 15 is 0 Å². The summed E-state index contributed by atoms with van der Waals surface area (Å²) in [6, 6.07) is 5.09. The molecule has 24 heavy (non-hydrogen) atoms. The lowest BCUT2D eigenvalue weighted by Crippen LogP contribution is -2.43. The van der Waals surface area contributed by atoms with Gasteiger partial charge in [0.2, 0.25) is 5.91 Å². The number of hydrogen-bond acceptors (Lipinski definition) is 3. The van der Waals surface area contributed by atoms with Gasteiger partial charge in [0.25, 0.3) is 0 Å². The van der Waals surface area contributed by atoms with Gasteiger partial charge in [-0.15, -0.1) is 0 Å². The molecule has 7 heteroatoms. The van der Waals surface area contributed by atoms with Crippen molar-refractivity contribution in [1.29, 1.82) is 0 Å². The molecule has 1 aliphatic rings. The lowest BCUT2D eigenvalue weighted by atomic mass is 10.0. The number of aryl methyl sites for hydroxylation is 1. The molecule has 1 N–H and O–H groups in total. The Balaban J connectivity index is 1.86. The SMILES string of the molecule is O=C(CCc1cccc(C(F)(F)F)c1)N1CCCC(OCCO)C1. The van der Waals surface area contributed by atoms with Crippen LogP contribution in [0.4, 0.5) is 13.2 Å². The first kappa shape index (κ1) is 18.7. The van der Waals surface area contributed by atoms with Crippen LogP contribution in [0.1, 0.15) is 30.4 Å². The van der Waals surface area contributed by atoms with Crippen LogP contribution in [0.3, 0.4) is 0 Å². The summed E-state index contributed by atoms with van der Waals surface area (Å²) < 4.78 is 43.5. The molecule has 134 valence electrons. The Morgan fingerprint density at radius 3 is 2.88 bits per heavy atom. The average molecular weight is 345 g/mol. The number of benzene rings is 1. The molecule has 2 rings (SSSR count). The minimum absolute atomic E-state index is 0.0556. The summed E-state index contributed by atoms with van der Waals surface area (Å²) in [4.78, 5) is 14.0. The van der Waals surface area contributed by atoms with E-state index in [4.69, 9.17) is 9.84 Å². The first-order valence-corrected chi connectivity index (χ1v) is 8.06. The zero-order chi connectivity index (χ0) is 17.6. The molecule has 1 saturated heterocycles. The van der Waals surface area contributed by atoms with Gasteiger partial charge in [-0.25, -0.2) is 0 Å². The lowest BCUT2D eigenvalue weighted by molar-refractivity contribution is -0.137. The van der Waals surface area contributed by atoms with Crippen LogP contribution in [0.2, 0.25) is 0 Å². The van der Waals surface area contributed by atoms with Gasteiger partial charge in [-0.1, -0.05) is 18.2 Å². The summed E-state index contributed by atoms with van der Waals surface area (Å²) in [7, 11) is 0. The van der Waals surface area contributed by atoms with Gasteiger partial charge >= 0.3 is 6.18 Å². The number of aliphatic hydroxyl groups excluding tert-OH is 1. The van der Waals surface area contributed by atoms with Crippen LogP contribution in [0, 0.1) is 0 Å². The number of halogens is 3. The average Bonchev–Trinajstić information content (AvgIpc) is 2.57. The number of hydrogen-bond donors (Lipinski definition) is 1. The fourth-order valence-corrected chi connectivity index (χ4v) is 2.83. The summed E-state index contributed by atoms with van der Waals surface area (Å²) in [5, 5.41) is 8.78. The second kappa shape index (κ2) is 8.48. The van der Waals surface area contributed by atoms with E-state index in [2.05, 4.69) is 0 Å². The minimum atomic E-state index is -4.37. The fraction of sp³-hybridized carbons (Fsp3) is 0.588. The number of aliphatic hydroxyl groups is 1. The zero-order valence-electron chi connectivity index (χ0n) is 13.4. The molecule has 1 aromatic rings. The highest BCUT2D eigenvalue weighted by Gasteiger charge is 2.30. The standard InChI is InChI=1S/C17H22F3NO3/c18-17(19,20)14-4-1-3-13(11-14)6-7-16(23)21-8-2-5-15(12-21)24-10-9-22/h1,3-4,11,15,22H,2,5-10,12H2. The van der Waals surface area contributed by atoms with Crippen molar-refractivity contribution in [3.63, 3.8) is 0 Å². The third-order valence-corrected chi connectivity index (χ3v) is 4.06. The van der Waals surface area contributed by atoms with Gasteiger partial charge in [0.15, 0.2) is 0 Å². The molecule has 0 radical (unpaired) electrons. The maximum Gasteiger partial charge on any atom is 0.416 e. The molecule has 0 aliphatic carbocycles. The van der Waals surface area contributed by atoms with Gasteiger partial charge in [-0.3, -0.25) is 4.79 Å². The summed E-state index contributed by atoms with van der Waals surface area (Å²) in [5.41, 5.74) is -0.189. The van der Waals surface area contributed by atoms with Crippen LogP contribution in [-0.2, 0) is 22.1 Å². The molecule has 4 nitrogen and oxygen atoms in total. The molecule has 1 amide bonds. The zero-order valence-corrected chi connectivity index (χ0v) is 13.4. The van der Waals surface area contributed by atoms with Crippen molar-refractivity contribution in [2.45, 2.75) is 38.0 Å². The van der Waals surface area contributed by atoms with Crippen molar-refractivity contribution < 1.29 is 27.8 Å². The molecule has 1 aliphatic heterocycles. The number of alkyl halides is 3. The molecule has 0 aromatic heterocycles. The van der Waals surface area contributed by atoms with Crippen molar-refractivity contribution >= 4 is 5.91 Å². The number of likely N-dealkylation sites (tertiary alicyclic amines) is 1. The van der Waals surface area contributed by atoms with E-state index in [1.807, 2.05) is 0 Å². The monoisotopic (exact) mass is 345 g/mol. The van der Waals surface area contributed by atoms with Gasteiger partial charge in [0.1, 0.15) is 0 Å². The number of nitrogens with zero attached hydrogens (tertiary/aromatic N) is 1. The maximum absolute atomic E-state index is 12.7. The minimum Gasteiger partial charge on any atom is -0.394 e. The summed E-state index contributed by atoms with van der Waals surface area (Å²) >= 11 is 0. The van der Waals surface area contributed by atoms with Crippen LogP contribution in [0.25, 0.3) is 0 Å². The number of amides is 1. The number of carbonyl (C=O) groups excluding carboxylic acids is 1. The number of ether oxygens (including phenoxy) is 1. The lowest BCUT2D eigenvalue weighted by Gasteiger charge is -2.32. The van der Waals surface area contributed by atoms with E-state index in [1.54, 1.807) is 11.0 Å². The highest BCUT2D eigenvalue weighted by atomic mass is 19.4. The van der Waals surface area contributed by atoms with Crippen molar-refractivity contribution in [1.82, 2.24) is 4.90 Å². The molecule has 0 spiro atoms. The van der Waals surface area contributed by atoms with E-state index in [9.17, 15) is 18.0 Å². The number of carbonyl (C=O) groups is 1. The fourth-order valence-electron chi connectivity index (χ4n) is 2.83. The predicted octanol–water partition coefficient (Wildman–Crippen LogP) is 2.64. The molecule has 1 unspecified atom stereocenters. The molecule has 1 heterocycles. The Kier molecular flexibility index (Phi) is 6.62. The topological polar surface area (TPSA) is 49.8 Å². The van der Waals surface area contributed by atoms with Gasteiger partial charge in [-0.05, 0) is 30.9 Å². The first-order chi connectivity index (χ1) is 11.4. The highest BCUT2D eigenvalue weighted by Crippen LogP contribution is 2.29. The van der Waals surface area contributed by atoms with Gasteiger partial charge in [0.05, 0.1) is 24.9 Å². The van der Waals surface area contributed by atoms with E-state index in [-0.39, 0.29) is 38.1 Å². The third kappa shape index (κ3) is 5.49. The maximum atomic E-state index is 12.7. The van der Waals surface area contributed by atoms with Gasteiger partial charge in [-0.2, -0.15) is 13.2 Å².